The van der Waals surface area contributed by atoms with Crippen LogP contribution in [0, 0.1) is 5.92 Å². The molecule has 0 fully saturated rings. The molecular formula is C26H20ClNO4. The number of aliphatic carboxylic acids is 1. The van der Waals surface area contributed by atoms with Crippen LogP contribution in [-0.2, 0) is 4.79 Å². The monoisotopic (exact) mass is 445 g/mol. The zero-order chi connectivity index (χ0) is 22.2. The Morgan fingerprint density at radius 2 is 1.72 bits per heavy atom. The number of carbonyl (C=O) groups is 2. The summed E-state index contributed by atoms with van der Waals surface area (Å²) in [4.78, 5) is 24.9. The summed E-state index contributed by atoms with van der Waals surface area (Å²) in [6.45, 7) is 0. The highest BCUT2D eigenvalue weighted by Crippen LogP contribution is 2.47. The van der Waals surface area contributed by atoms with E-state index in [-0.39, 0.29) is 17.4 Å². The van der Waals surface area contributed by atoms with E-state index in [9.17, 15) is 14.7 Å². The molecule has 0 amide bonds. The third kappa shape index (κ3) is 3.65. The van der Waals surface area contributed by atoms with Gasteiger partial charge in [-0.25, -0.2) is 9.59 Å². The van der Waals surface area contributed by atoms with Crippen LogP contribution in [0.1, 0.15) is 28.3 Å². The van der Waals surface area contributed by atoms with Crippen LogP contribution in [0.2, 0.25) is 5.02 Å². The van der Waals surface area contributed by atoms with Gasteiger partial charge in [0.05, 0.1) is 11.3 Å². The van der Waals surface area contributed by atoms with Gasteiger partial charge < -0.3 is 15.2 Å². The molecule has 160 valence electrons. The molecule has 0 spiro atoms. The van der Waals surface area contributed by atoms with E-state index in [1.807, 2.05) is 54.6 Å². The zero-order valence-corrected chi connectivity index (χ0v) is 17.8. The molecule has 0 saturated heterocycles. The van der Waals surface area contributed by atoms with Gasteiger partial charge in [0.25, 0.3) is 0 Å². The molecular weight excluding hydrogens is 426 g/mol. The second-order valence-electron chi connectivity index (χ2n) is 8.01. The number of hydrogen-bond acceptors (Lipinski definition) is 4. The van der Waals surface area contributed by atoms with Crippen molar-refractivity contribution in [3.05, 3.63) is 95.0 Å². The third-order valence-electron chi connectivity index (χ3n) is 6.09. The van der Waals surface area contributed by atoms with Gasteiger partial charge in [0.1, 0.15) is 11.8 Å². The summed E-state index contributed by atoms with van der Waals surface area (Å²) in [6, 6.07) is 19.7. The Morgan fingerprint density at radius 3 is 2.44 bits per heavy atom. The molecule has 3 unspecified atom stereocenters. The molecule has 6 heteroatoms. The third-order valence-corrected chi connectivity index (χ3v) is 6.31. The van der Waals surface area contributed by atoms with Crippen molar-refractivity contribution in [3.63, 3.8) is 0 Å². The standard InChI is InChI=1S/C26H20ClNO4/c27-17-13-21-19-7-4-8-20(19)24(25(29)30)28-23(21)22(14-17)26(31)32-18-11-9-16(10-12-18)15-5-2-1-3-6-15/h1-7,9-14,19-20,24,28H,8H2,(H,29,30). The summed E-state index contributed by atoms with van der Waals surface area (Å²) >= 11 is 6.33. The number of rotatable bonds is 4. The lowest BCUT2D eigenvalue weighted by molar-refractivity contribution is -0.139. The van der Waals surface area contributed by atoms with Crippen LogP contribution in [-0.4, -0.2) is 23.1 Å². The average molecular weight is 446 g/mol. The molecule has 1 heterocycles. The molecule has 32 heavy (non-hydrogen) atoms. The van der Waals surface area contributed by atoms with E-state index in [4.69, 9.17) is 16.3 Å². The van der Waals surface area contributed by atoms with Gasteiger partial charge in [0, 0.05) is 16.9 Å². The lowest BCUT2D eigenvalue weighted by Crippen LogP contribution is -2.42. The summed E-state index contributed by atoms with van der Waals surface area (Å²) in [5, 5.41) is 13.2. The molecule has 1 aliphatic heterocycles. The summed E-state index contributed by atoms with van der Waals surface area (Å²) in [7, 11) is 0. The van der Waals surface area contributed by atoms with Crippen molar-refractivity contribution in [1.82, 2.24) is 0 Å². The largest absolute Gasteiger partial charge is 0.480 e. The first-order chi connectivity index (χ1) is 15.5. The van der Waals surface area contributed by atoms with Crippen LogP contribution >= 0.6 is 11.6 Å². The smallest absolute Gasteiger partial charge is 0.345 e. The number of ether oxygens (including phenoxy) is 1. The lowest BCUT2D eigenvalue weighted by atomic mass is 9.78. The van der Waals surface area contributed by atoms with Gasteiger partial charge >= 0.3 is 11.9 Å². The van der Waals surface area contributed by atoms with Gasteiger partial charge in [0.2, 0.25) is 0 Å². The average Bonchev–Trinajstić information content (AvgIpc) is 3.29. The van der Waals surface area contributed by atoms with Crippen LogP contribution in [0.15, 0.2) is 78.9 Å². The van der Waals surface area contributed by atoms with Gasteiger partial charge in [-0.2, -0.15) is 0 Å². The van der Waals surface area contributed by atoms with Gasteiger partial charge in [0.15, 0.2) is 0 Å². The van der Waals surface area contributed by atoms with Crippen molar-refractivity contribution >= 4 is 29.2 Å². The maximum absolute atomic E-state index is 13.1. The van der Waals surface area contributed by atoms with E-state index in [0.717, 1.165) is 16.7 Å². The Bertz CT molecular complexity index is 1220. The number of carbonyl (C=O) groups excluding carboxylic acids is 1. The fraction of sp³-hybridized carbons (Fsp3) is 0.154. The summed E-state index contributed by atoms with van der Waals surface area (Å²) in [5.74, 6) is -1.36. The number of benzene rings is 3. The number of anilines is 1. The summed E-state index contributed by atoms with van der Waals surface area (Å²) < 4.78 is 5.62. The minimum absolute atomic E-state index is 0.109. The molecule has 0 radical (unpaired) electrons. The first-order valence-electron chi connectivity index (χ1n) is 10.4. The summed E-state index contributed by atoms with van der Waals surface area (Å²) in [6.07, 6.45) is 4.64. The first-order valence-corrected chi connectivity index (χ1v) is 10.8. The molecule has 0 saturated carbocycles. The van der Waals surface area contributed by atoms with Crippen LogP contribution in [0.4, 0.5) is 5.69 Å². The number of carboxylic acids is 1. The van der Waals surface area contributed by atoms with Gasteiger partial charge in [-0.05, 0) is 47.4 Å². The second kappa shape index (κ2) is 8.17. The van der Waals surface area contributed by atoms with Gasteiger partial charge in [-0.1, -0.05) is 66.2 Å². The number of fused-ring (bicyclic) bond motifs is 3. The van der Waals surface area contributed by atoms with Crippen molar-refractivity contribution in [3.8, 4) is 16.9 Å². The van der Waals surface area contributed by atoms with Crippen molar-refractivity contribution in [2.45, 2.75) is 18.4 Å². The maximum Gasteiger partial charge on any atom is 0.345 e. The quantitative estimate of drug-likeness (QED) is 0.303. The molecule has 3 aromatic rings. The molecule has 2 aliphatic rings. The van der Waals surface area contributed by atoms with E-state index >= 15 is 0 Å². The van der Waals surface area contributed by atoms with Crippen LogP contribution in [0.5, 0.6) is 5.75 Å². The minimum atomic E-state index is -0.944. The molecule has 1 aliphatic carbocycles. The predicted molar refractivity (Wildman–Crippen MR) is 123 cm³/mol. The van der Waals surface area contributed by atoms with Crippen molar-refractivity contribution in [1.29, 1.82) is 0 Å². The molecule has 5 nitrogen and oxygen atoms in total. The number of carboxylic acid groups (broad SMARTS) is 1. The highest BCUT2D eigenvalue weighted by Gasteiger charge is 2.42. The molecule has 5 rings (SSSR count). The number of esters is 1. The van der Waals surface area contributed by atoms with E-state index in [2.05, 4.69) is 5.32 Å². The Morgan fingerprint density at radius 1 is 1.00 bits per heavy atom. The zero-order valence-electron chi connectivity index (χ0n) is 17.0. The van der Waals surface area contributed by atoms with Crippen LogP contribution in [0.25, 0.3) is 11.1 Å². The highest BCUT2D eigenvalue weighted by molar-refractivity contribution is 6.31. The Hall–Kier alpha value is -3.57. The predicted octanol–water partition coefficient (Wildman–Crippen LogP) is 5.76. The van der Waals surface area contributed by atoms with Gasteiger partial charge in [-0.3, -0.25) is 0 Å². The van der Waals surface area contributed by atoms with E-state index < -0.39 is 18.0 Å². The lowest BCUT2D eigenvalue weighted by Gasteiger charge is -2.35. The topological polar surface area (TPSA) is 75.6 Å². The Balaban J connectivity index is 1.45. The number of allylic oxidation sites excluding steroid dienone is 2. The van der Waals surface area contributed by atoms with Crippen molar-refractivity contribution < 1.29 is 19.4 Å². The van der Waals surface area contributed by atoms with Crippen molar-refractivity contribution in [2.24, 2.45) is 5.92 Å². The molecule has 0 bridgehead atoms. The number of hydrogen-bond donors (Lipinski definition) is 2. The second-order valence-corrected chi connectivity index (χ2v) is 8.45. The highest BCUT2D eigenvalue weighted by atomic mass is 35.5. The van der Waals surface area contributed by atoms with Crippen LogP contribution < -0.4 is 10.1 Å². The number of nitrogens with one attached hydrogen (secondary N) is 1. The number of halogens is 1. The minimum Gasteiger partial charge on any atom is -0.480 e. The molecule has 3 atom stereocenters. The summed E-state index contributed by atoms with van der Waals surface area (Å²) in [5.41, 5.74) is 3.60. The molecule has 2 N–H and O–H groups in total. The first kappa shape index (κ1) is 20.3. The van der Waals surface area contributed by atoms with E-state index in [1.165, 1.54) is 6.07 Å². The fourth-order valence-electron chi connectivity index (χ4n) is 4.58. The van der Waals surface area contributed by atoms with E-state index in [0.29, 0.717) is 22.9 Å². The Labute approximate surface area is 190 Å². The SMILES string of the molecule is O=C(Oc1ccc(-c2ccccc2)cc1)c1cc(Cl)cc2c1NC(C(=O)O)C1CC=CC21. The van der Waals surface area contributed by atoms with E-state index in [1.54, 1.807) is 18.2 Å². The fourth-order valence-corrected chi connectivity index (χ4v) is 4.80. The van der Waals surface area contributed by atoms with Crippen molar-refractivity contribution in [2.75, 3.05) is 5.32 Å². The normalized spacial score (nSPS) is 20.7. The van der Waals surface area contributed by atoms with Crippen LogP contribution in [0.3, 0.4) is 0 Å². The Kier molecular flexibility index (Phi) is 5.19. The van der Waals surface area contributed by atoms with Gasteiger partial charge in [-0.15, -0.1) is 0 Å². The molecule has 3 aromatic carbocycles. The maximum atomic E-state index is 13.1. The molecule has 0 aromatic heterocycles.